The van der Waals surface area contributed by atoms with Crippen LogP contribution in [0.2, 0.25) is 0 Å². The Bertz CT molecular complexity index is 1780. The Morgan fingerprint density at radius 3 is 2.22 bits per heavy atom. The van der Waals surface area contributed by atoms with Crippen LogP contribution >= 0.6 is 0 Å². The number of benzene rings is 3. The second-order valence-electron chi connectivity index (χ2n) is 11.5. The molecule has 0 saturated heterocycles. The van der Waals surface area contributed by atoms with E-state index in [1.807, 2.05) is 32.0 Å². The number of hydrogen-bond donors (Lipinski definition) is 1. The molecule has 0 saturated carbocycles. The molecule has 41 heavy (non-hydrogen) atoms. The second-order valence-corrected chi connectivity index (χ2v) is 13.0. The number of ketones is 2. The molecule has 0 radical (unpaired) electrons. The molecule has 0 unspecified atom stereocenters. The maximum Gasteiger partial charge on any atom is 0.339 e. The summed E-state index contributed by atoms with van der Waals surface area (Å²) < 4.78 is 31.2. The summed E-state index contributed by atoms with van der Waals surface area (Å²) in [4.78, 5) is 43.3. The summed E-state index contributed by atoms with van der Waals surface area (Å²) in [5.74, 6) is -1.42. The van der Waals surface area contributed by atoms with Crippen LogP contribution in [0, 0.1) is 11.3 Å². The van der Waals surface area contributed by atoms with Crippen LogP contribution in [-0.2, 0) is 19.7 Å². The van der Waals surface area contributed by atoms with Crippen LogP contribution in [0.1, 0.15) is 61.0 Å². The zero-order chi connectivity index (χ0) is 29.1. The SMILES string of the molecule is CC(=O)Nc1ccc(S(=O)(=O)Oc2ccc([C@H]3C4=C(CC(C)(C)CC4=O)N=C4c5ccccc5C(=O)[C@H]43)cc2)cc1. The summed E-state index contributed by atoms with van der Waals surface area (Å²) in [5.41, 5.74) is 4.31. The van der Waals surface area contributed by atoms with E-state index in [0.717, 1.165) is 11.3 Å². The molecule has 0 fully saturated rings. The predicted octanol–water partition coefficient (Wildman–Crippen LogP) is 5.45. The summed E-state index contributed by atoms with van der Waals surface area (Å²) in [6.07, 6.45) is 0.985. The summed E-state index contributed by atoms with van der Waals surface area (Å²) in [7, 11) is -4.15. The minimum absolute atomic E-state index is 0.0154. The van der Waals surface area contributed by atoms with Crippen LogP contribution in [0.3, 0.4) is 0 Å². The number of aliphatic imine (C=N–C) groups is 1. The highest BCUT2D eigenvalue weighted by Gasteiger charge is 2.50. The van der Waals surface area contributed by atoms with Gasteiger partial charge in [0.1, 0.15) is 10.6 Å². The zero-order valence-corrected chi connectivity index (χ0v) is 23.6. The maximum atomic E-state index is 13.7. The average molecular weight is 569 g/mol. The van der Waals surface area contributed by atoms with Crippen molar-refractivity contribution in [2.75, 3.05) is 5.32 Å². The number of nitrogens with one attached hydrogen (secondary N) is 1. The standard InChI is InChI=1S/C32H28N2O6S/c1-18(35)33-20-10-14-22(15-11-20)41(38,39)40-21-12-8-19(9-13-21)27-28-25(16-32(2,3)17-26(28)36)34-30-23-6-4-5-7-24(23)31(37)29(27)30/h4-15,27,29H,16-17H2,1-3H3,(H,33,35)/t27-,29-/m0/s1. The van der Waals surface area contributed by atoms with Gasteiger partial charge in [-0.3, -0.25) is 19.4 Å². The van der Waals surface area contributed by atoms with Crippen molar-refractivity contribution in [2.24, 2.45) is 16.3 Å². The number of Topliss-reactive ketones (excluding diaryl/α,β-unsaturated/α-hetero) is 2. The zero-order valence-electron chi connectivity index (χ0n) is 22.8. The van der Waals surface area contributed by atoms with Crippen molar-refractivity contribution in [1.29, 1.82) is 0 Å². The van der Waals surface area contributed by atoms with E-state index in [2.05, 4.69) is 5.32 Å². The minimum Gasteiger partial charge on any atom is -0.379 e. The number of carbonyl (C=O) groups is 3. The molecule has 1 heterocycles. The van der Waals surface area contributed by atoms with E-state index in [1.165, 1.54) is 43.3 Å². The Morgan fingerprint density at radius 1 is 0.902 bits per heavy atom. The van der Waals surface area contributed by atoms with Crippen LogP contribution < -0.4 is 9.50 Å². The molecular formula is C32H28N2O6S. The monoisotopic (exact) mass is 568 g/mol. The predicted molar refractivity (Wildman–Crippen MR) is 154 cm³/mol. The molecule has 8 nitrogen and oxygen atoms in total. The third-order valence-corrected chi connectivity index (χ3v) is 9.01. The maximum absolute atomic E-state index is 13.7. The topological polar surface area (TPSA) is 119 Å². The lowest BCUT2D eigenvalue weighted by Crippen LogP contribution is -2.37. The van der Waals surface area contributed by atoms with Crippen molar-refractivity contribution in [3.63, 3.8) is 0 Å². The first-order valence-corrected chi connectivity index (χ1v) is 14.7. The van der Waals surface area contributed by atoms with E-state index in [0.29, 0.717) is 40.9 Å². The van der Waals surface area contributed by atoms with Crippen molar-refractivity contribution in [3.05, 3.63) is 101 Å². The van der Waals surface area contributed by atoms with E-state index in [-0.39, 0.29) is 33.5 Å². The van der Waals surface area contributed by atoms with E-state index in [1.54, 1.807) is 18.2 Å². The molecule has 1 N–H and O–H groups in total. The molecule has 1 aliphatic heterocycles. The van der Waals surface area contributed by atoms with Gasteiger partial charge in [-0.25, -0.2) is 0 Å². The number of hydrogen-bond acceptors (Lipinski definition) is 7. The molecule has 3 aromatic carbocycles. The number of amides is 1. The Morgan fingerprint density at radius 2 is 1.56 bits per heavy atom. The number of nitrogens with zero attached hydrogens (tertiary/aromatic N) is 1. The van der Waals surface area contributed by atoms with Gasteiger partial charge in [0.2, 0.25) is 5.91 Å². The molecule has 1 amide bonds. The Balaban J connectivity index is 1.34. The van der Waals surface area contributed by atoms with Crippen molar-refractivity contribution >= 4 is 39.0 Å². The molecular weight excluding hydrogens is 540 g/mol. The van der Waals surface area contributed by atoms with Crippen LogP contribution in [0.5, 0.6) is 5.75 Å². The van der Waals surface area contributed by atoms with Gasteiger partial charge in [0.15, 0.2) is 11.6 Å². The van der Waals surface area contributed by atoms with E-state index in [9.17, 15) is 22.8 Å². The number of anilines is 1. The van der Waals surface area contributed by atoms with Gasteiger partial charge in [0, 0.05) is 47.3 Å². The highest BCUT2D eigenvalue weighted by Crippen LogP contribution is 2.51. The van der Waals surface area contributed by atoms with Gasteiger partial charge in [-0.1, -0.05) is 50.2 Å². The van der Waals surface area contributed by atoms with Crippen LogP contribution in [0.25, 0.3) is 0 Å². The van der Waals surface area contributed by atoms with E-state index in [4.69, 9.17) is 9.18 Å². The fourth-order valence-electron chi connectivity index (χ4n) is 6.06. The van der Waals surface area contributed by atoms with Crippen molar-refractivity contribution in [3.8, 4) is 5.75 Å². The van der Waals surface area contributed by atoms with Crippen LogP contribution in [-0.4, -0.2) is 31.6 Å². The molecule has 6 rings (SSSR count). The number of carbonyl (C=O) groups excluding carboxylic acids is 3. The highest BCUT2D eigenvalue weighted by atomic mass is 32.2. The highest BCUT2D eigenvalue weighted by molar-refractivity contribution is 7.87. The summed E-state index contributed by atoms with van der Waals surface area (Å²) in [6.45, 7) is 5.45. The van der Waals surface area contributed by atoms with Crippen molar-refractivity contribution in [1.82, 2.24) is 0 Å². The third-order valence-electron chi connectivity index (χ3n) is 7.75. The quantitative estimate of drug-likeness (QED) is 0.409. The first-order chi connectivity index (χ1) is 19.4. The van der Waals surface area contributed by atoms with Crippen molar-refractivity contribution < 1.29 is 27.0 Å². The van der Waals surface area contributed by atoms with Crippen molar-refractivity contribution in [2.45, 2.75) is 44.4 Å². The van der Waals surface area contributed by atoms with Gasteiger partial charge < -0.3 is 9.50 Å². The Hall–Kier alpha value is -4.37. The van der Waals surface area contributed by atoms with Gasteiger partial charge in [-0.15, -0.1) is 0 Å². The van der Waals surface area contributed by atoms with Gasteiger partial charge >= 0.3 is 10.1 Å². The van der Waals surface area contributed by atoms with E-state index < -0.39 is 22.0 Å². The first kappa shape index (κ1) is 26.8. The first-order valence-electron chi connectivity index (χ1n) is 13.3. The number of rotatable bonds is 5. The molecule has 208 valence electrons. The molecule has 0 bridgehead atoms. The summed E-state index contributed by atoms with van der Waals surface area (Å²) >= 11 is 0. The smallest absolute Gasteiger partial charge is 0.339 e. The fourth-order valence-corrected chi connectivity index (χ4v) is 6.99. The second kappa shape index (κ2) is 9.62. The molecule has 2 aliphatic carbocycles. The third kappa shape index (κ3) is 4.80. The van der Waals surface area contributed by atoms with Gasteiger partial charge in [0.25, 0.3) is 0 Å². The lowest BCUT2D eigenvalue weighted by Gasteiger charge is -2.38. The molecule has 2 atom stereocenters. The van der Waals surface area contributed by atoms with Gasteiger partial charge in [-0.2, -0.15) is 8.42 Å². The molecule has 0 spiro atoms. The van der Waals surface area contributed by atoms with Gasteiger partial charge in [0.05, 0.1) is 11.6 Å². The number of fused-ring (bicyclic) bond motifs is 3. The lowest BCUT2D eigenvalue weighted by molar-refractivity contribution is -0.118. The average Bonchev–Trinajstić information content (AvgIpc) is 3.19. The summed E-state index contributed by atoms with van der Waals surface area (Å²) in [6, 6.07) is 19.6. The van der Waals surface area contributed by atoms with Crippen LogP contribution in [0.4, 0.5) is 5.69 Å². The normalized spacial score (nSPS) is 21.0. The number of allylic oxidation sites excluding steroid dienone is 2. The fraction of sp³-hybridized carbons (Fsp3) is 0.250. The Labute approximate surface area is 238 Å². The molecule has 3 aliphatic rings. The molecule has 3 aromatic rings. The summed E-state index contributed by atoms with van der Waals surface area (Å²) in [5, 5.41) is 2.59. The lowest BCUT2D eigenvalue weighted by atomic mass is 9.66. The van der Waals surface area contributed by atoms with E-state index >= 15 is 0 Å². The minimum atomic E-state index is -4.15. The van der Waals surface area contributed by atoms with Crippen LogP contribution in [0.15, 0.2) is 94.0 Å². The molecule has 9 heteroatoms. The molecule has 0 aromatic heterocycles. The van der Waals surface area contributed by atoms with Gasteiger partial charge in [-0.05, 0) is 53.8 Å². The Kier molecular flexibility index (Phi) is 6.30. The largest absolute Gasteiger partial charge is 0.379 e.